The van der Waals surface area contributed by atoms with Crippen LogP contribution in [0.4, 0.5) is 30.7 Å². The van der Waals surface area contributed by atoms with E-state index < -0.39 is 52.8 Å². The minimum Gasteiger partial charge on any atom is -0.299 e. The van der Waals surface area contributed by atoms with Crippen molar-refractivity contribution in [3.8, 4) is 11.1 Å². The number of Topliss-reactive ketones (excluding diaryl/α,β-unsaturated/α-hetero) is 1. The molecule has 0 aromatic heterocycles. The van der Waals surface area contributed by atoms with Gasteiger partial charge in [-0.1, -0.05) is 42.5 Å². The van der Waals surface area contributed by atoms with Crippen LogP contribution in [0.5, 0.6) is 0 Å². The number of benzene rings is 3. The number of carbonyl (C=O) groups is 1. The van der Waals surface area contributed by atoms with Crippen LogP contribution in [-0.4, -0.2) is 11.9 Å². The molecule has 0 aliphatic heterocycles. The summed E-state index contributed by atoms with van der Waals surface area (Å²) in [6, 6.07) is 12.8. The van der Waals surface area contributed by atoms with Gasteiger partial charge in [0.2, 0.25) is 0 Å². The highest BCUT2D eigenvalue weighted by Crippen LogP contribution is 2.37. The molecule has 3 aromatic carbocycles. The minimum atomic E-state index is -5.63. The molecule has 35 heavy (non-hydrogen) atoms. The highest BCUT2D eigenvalue weighted by Gasteiger charge is 2.42. The van der Waals surface area contributed by atoms with Gasteiger partial charge in [-0.05, 0) is 41.7 Å². The Labute approximate surface area is 195 Å². The molecule has 0 saturated carbocycles. The largest absolute Gasteiger partial charge is 0.422 e. The van der Waals surface area contributed by atoms with Crippen molar-refractivity contribution < 1.29 is 45.1 Å². The van der Waals surface area contributed by atoms with Crippen molar-refractivity contribution in [2.75, 3.05) is 0 Å². The van der Waals surface area contributed by atoms with Crippen LogP contribution >= 0.6 is 0 Å². The zero-order chi connectivity index (χ0) is 26.5. The molecule has 3 aromatic rings. The van der Waals surface area contributed by atoms with Gasteiger partial charge in [-0.3, -0.25) is 4.79 Å². The number of halogens is 7. The van der Waals surface area contributed by atoms with Gasteiger partial charge in [0.25, 0.3) is 0 Å². The van der Waals surface area contributed by atoms with Crippen molar-refractivity contribution in [2.24, 2.45) is 0 Å². The number of aryl methyl sites for hydroxylation is 2. The summed E-state index contributed by atoms with van der Waals surface area (Å²) in [6.45, 7) is 3.61. The molecule has 3 rings (SSSR count). The first-order valence-corrected chi connectivity index (χ1v) is 9.91. The predicted molar refractivity (Wildman–Crippen MR) is 110 cm³/mol. The summed E-state index contributed by atoms with van der Waals surface area (Å²) >= 11 is 0. The zero-order valence-corrected chi connectivity index (χ0v) is 18.3. The fourth-order valence-corrected chi connectivity index (χ4v) is 3.48. The SMILES string of the molecule is Cc1ccc(-c2ccccc2C)cc1CC(=O)Cc1c(F)c(F)c(C(F)(F)F)c(F)c1F.O=C=O. The summed E-state index contributed by atoms with van der Waals surface area (Å²) in [7, 11) is 0. The predicted octanol–water partition coefficient (Wildman–Crippen LogP) is 6.32. The molecule has 0 saturated heterocycles. The van der Waals surface area contributed by atoms with Crippen molar-refractivity contribution in [3.63, 3.8) is 0 Å². The topological polar surface area (TPSA) is 51.2 Å². The molecule has 0 unspecified atom stereocenters. The molecule has 3 nitrogen and oxygen atoms in total. The second kappa shape index (κ2) is 11.1. The first kappa shape index (κ1) is 27.5. The summed E-state index contributed by atoms with van der Waals surface area (Å²) in [5, 5.41) is 0. The van der Waals surface area contributed by atoms with Gasteiger partial charge in [0.05, 0.1) is 0 Å². The molecule has 0 amide bonds. The molecular formula is C25H17F7O3. The third kappa shape index (κ3) is 6.22. The Morgan fingerprint density at radius 3 is 1.86 bits per heavy atom. The monoisotopic (exact) mass is 498 g/mol. The molecule has 0 aliphatic rings. The van der Waals surface area contributed by atoms with Crippen LogP contribution in [0, 0.1) is 37.1 Å². The summed E-state index contributed by atoms with van der Waals surface area (Å²) in [5.74, 6) is -10.4. The van der Waals surface area contributed by atoms with E-state index in [1.165, 1.54) is 0 Å². The van der Waals surface area contributed by atoms with Crippen LogP contribution < -0.4 is 0 Å². The molecule has 0 radical (unpaired) electrons. The molecule has 0 bridgehead atoms. The number of rotatable bonds is 5. The summed E-state index contributed by atoms with van der Waals surface area (Å²) in [6.07, 6.45) is -6.81. The van der Waals surface area contributed by atoms with Gasteiger partial charge in [-0.15, -0.1) is 0 Å². The van der Waals surface area contributed by atoms with Gasteiger partial charge in [0.1, 0.15) is 11.3 Å². The Hall–Kier alpha value is -3.78. The lowest BCUT2D eigenvalue weighted by Crippen LogP contribution is -2.19. The van der Waals surface area contributed by atoms with Crippen LogP contribution in [-0.2, 0) is 33.4 Å². The molecule has 0 aliphatic carbocycles. The molecule has 0 fully saturated rings. The number of ketones is 1. The lowest BCUT2D eigenvalue weighted by atomic mass is 9.93. The molecule has 0 atom stereocenters. The van der Waals surface area contributed by atoms with Crippen molar-refractivity contribution in [2.45, 2.75) is 32.9 Å². The second-order valence-corrected chi connectivity index (χ2v) is 7.54. The van der Waals surface area contributed by atoms with Crippen molar-refractivity contribution >= 4 is 11.9 Å². The van der Waals surface area contributed by atoms with Gasteiger partial charge >= 0.3 is 12.3 Å². The summed E-state index contributed by atoms with van der Waals surface area (Å²) in [4.78, 5) is 28.7. The maximum Gasteiger partial charge on any atom is 0.422 e. The average Bonchev–Trinajstić information content (AvgIpc) is 2.77. The fourth-order valence-electron chi connectivity index (χ4n) is 3.48. The molecule has 0 spiro atoms. The Bertz CT molecular complexity index is 1260. The van der Waals surface area contributed by atoms with Crippen molar-refractivity contribution in [1.29, 1.82) is 0 Å². The number of carbonyl (C=O) groups excluding carboxylic acids is 3. The van der Waals surface area contributed by atoms with Gasteiger partial charge < -0.3 is 0 Å². The Kier molecular flexibility index (Phi) is 8.71. The normalized spacial score (nSPS) is 10.9. The summed E-state index contributed by atoms with van der Waals surface area (Å²) < 4.78 is 94.0. The van der Waals surface area contributed by atoms with E-state index in [1.807, 2.05) is 37.3 Å². The first-order chi connectivity index (χ1) is 16.3. The molecule has 0 heterocycles. The van der Waals surface area contributed by atoms with Crippen LogP contribution in [0.15, 0.2) is 42.5 Å². The second-order valence-electron chi connectivity index (χ2n) is 7.54. The zero-order valence-electron chi connectivity index (χ0n) is 18.3. The number of hydrogen-bond donors (Lipinski definition) is 0. The van der Waals surface area contributed by atoms with E-state index in [9.17, 15) is 35.5 Å². The van der Waals surface area contributed by atoms with Crippen LogP contribution in [0.1, 0.15) is 27.8 Å². The van der Waals surface area contributed by atoms with Crippen LogP contribution in [0.25, 0.3) is 11.1 Å². The number of alkyl halides is 3. The maximum absolute atomic E-state index is 14.1. The number of hydrogen-bond acceptors (Lipinski definition) is 3. The first-order valence-electron chi connectivity index (χ1n) is 9.91. The Morgan fingerprint density at radius 1 is 0.800 bits per heavy atom. The standard InChI is InChI=1S/C24H17F7O.CO2/c1-12-7-8-14(17-6-4-3-5-13(17)2)9-15(12)10-16(32)11-18-20(25)22(27)19(24(29,30)31)23(28)21(18)26;2-1-3/h3-9H,10-11H2,1-2H3;. The molecule has 184 valence electrons. The van der Waals surface area contributed by atoms with Crippen LogP contribution in [0.2, 0.25) is 0 Å². The highest BCUT2D eigenvalue weighted by molar-refractivity contribution is 5.84. The smallest absolute Gasteiger partial charge is 0.299 e. The fraction of sp³-hybridized carbons (Fsp3) is 0.200. The van der Waals surface area contributed by atoms with E-state index in [-0.39, 0.29) is 12.6 Å². The van der Waals surface area contributed by atoms with E-state index in [2.05, 4.69) is 0 Å². The van der Waals surface area contributed by atoms with Gasteiger partial charge in [-0.2, -0.15) is 22.8 Å². The van der Waals surface area contributed by atoms with Crippen molar-refractivity contribution in [3.05, 3.63) is 93.6 Å². The van der Waals surface area contributed by atoms with Gasteiger partial charge in [0, 0.05) is 18.4 Å². The van der Waals surface area contributed by atoms with E-state index in [0.717, 1.165) is 16.7 Å². The third-order valence-corrected chi connectivity index (χ3v) is 5.20. The molecule has 0 N–H and O–H groups in total. The third-order valence-electron chi connectivity index (χ3n) is 5.20. The lowest BCUT2D eigenvalue weighted by molar-refractivity contribution is -0.191. The molecular weight excluding hydrogens is 481 g/mol. The minimum absolute atomic E-state index is 0.250. The molecule has 10 heteroatoms. The van der Waals surface area contributed by atoms with E-state index >= 15 is 0 Å². The summed E-state index contributed by atoms with van der Waals surface area (Å²) in [5.41, 5.74) is -0.138. The van der Waals surface area contributed by atoms with Crippen molar-refractivity contribution in [1.82, 2.24) is 0 Å². The van der Waals surface area contributed by atoms with Gasteiger partial charge in [-0.25, -0.2) is 17.6 Å². The Morgan fingerprint density at radius 2 is 1.34 bits per heavy atom. The van der Waals surface area contributed by atoms with Gasteiger partial charge in [0.15, 0.2) is 23.3 Å². The average molecular weight is 498 g/mol. The Balaban J connectivity index is 0.00000137. The van der Waals surface area contributed by atoms with E-state index in [1.54, 1.807) is 19.1 Å². The van der Waals surface area contributed by atoms with Crippen LogP contribution in [0.3, 0.4) is 0 Å². The van der Waals surface area contributed by atoms with E-state index in [0.29, 0.717) is 11.1 Å². The highest BCUT2D eigenvalue weighted by atomic mass is 19.4. The lowest BCUT2D eigenvalue weighted by Gasteiger charge is -2.14. The maximum atomic E-state index is 14.1. The van der Waals surface area contributed by atoms with E-state index in [4.69, 9.17) is 9.59 Å². The quantitative estimate of drug-likeness (QED) is 0.306.